The van der Waals surface area contributed by atoms with E-state index in [-0.39, 0.29) is 5.28 Å². The van der Waals surface area contributed by atoms with Crippen molar-refractivity contribution in [2.75, 3.05) is 18.5 Å². The smallest absolute Gasteiger partial charge is 0.256 e. The largest absolute Gasteiger partial charge is 0.392 e. The molecule has 8 heteroatoms. The van der Waals surface area contributed by atoms with Crippen LogP contribution in [-0.2, 0) is 0 Å². The van der Waals surface area contributed by atoms with Gasteiger partial charge in [-0.2, -0.15) is 20.1 Å². The van der Waals surface area contributed by atoms with E-state index in [0.29, 0.717) is 18.4 Å². The van der Waals surface area contributed by atoms with E-state index in [0.717, 1.165) is 0 Å². The molecule has 2 aromatic rings. The van der Waals surface area contributed by atoms with Gasteiger partial charge in [-0.15, -0.1) is 0 Å². The summed E-state index contributed by atoms with van der Waals surface area (Å²) in [6.45, 7) is 2.09. The summed E-state index contributed by atoms with van der Waals surface area (Å²) >= 11 is 5.86. The number of hydrogen-bond donors (Lipinski definition) is 1. The van der Waals surface area contributed by atoms with Gasteiger partial charge in [0.25, 0.3) is 5.95 Å². The molecule has 0 fully saturated rings. The first-order valence-electron chi connectivity index (χ1n) is 5.37. The Kier molecular flexibility index (Phi) is 3.73. The van der Waals surface area contributed by atoms with Gasteiger partial charge in [-0.1, -0.05) is 0 Å². The van der Waals surface area contributed by atoms with Gasteiger partial charge < -0.3 is 10.0 Å². The molecule has 18 heavy (non-hydrogen) atoms. The third-order valence-electron chi connectivity index (χ3n) is 2.17. The van der Waals surface area contributed by atoms with Crippen molar-refractivity contribution in [1.82, 2.24) is 24.7 Å². The average Bonchev–Trinajstić information content (AvgIpc) is 2.80. The van der Waals surface area contributed by atoms with Crippen molar-refractivity contribution in [3.8, 4) is 5.95 Å². The topological polar surface area (TPSA) is 80.0 Å². The van der Waals surface area contributed by atoms with Crippen LogP contribution >= 0.6 is 11.6 Å². The quantitative estimate of drug-likeness (QED) is 0.871. The van der Waals surface area contributed by atoms with Crippen molar-refractivity contribution in [2.24, 2.45) is 0 Å². The molecule has 1 unspecified atom stereocenters. The van der Waals surface area contributed by atoms with E-state index in [1.165, 1.54) is 4.68 Å². The number of likely N-dealkylation sites (N-methyl/N-ethyl adjacent to an activating group) is 1. The molecular formula is C10H13ClN6O. The van der Waals surface area contributed by atoms with E-state index in [4.69, 9.17) is 11.6 Å². The molecule has 0 aromatic carbocycles. The highest BCUT2D eigenvalue weighted by Crippen LogP contribution is 2.12. The molecule has 96 valence electrons. The molecule has 0 aliphatic rings. The van der Waals surface area contributed by atoms with Crippen molar-refractivity contribution < 1.29 is 5.11 Å². The summed E-state index contributed by atoms with van der Waals surface area (Å²) in [5.74, 6) is 0.730. The second-order valence-corrected chi connectivity index (χ2v) is 4.22. The molecule has 0 radical (unpaired) electrons. The second kappa shape index (κ2) is 5.28. The molecule has 2 heterocycles. The maximum absolute atomic E-state index is 9.34. The number of nitrogens with zero attached hydrogens (tertiary/aromatic N) is 6. The summed E-state index contributed by atoms with van der Waals surface area (Å²) in [7, 11) is 1.77. The van der Waals surface area contributed by atoms with Crippen LogP contribution in [0.1, 0.15) is 6.92 Å². The molecule has 0 saturated heterocycles. The van der Waals surface area contributed by atoms with Gasteiger partial charge in [0.05, 0.1) is 6.10 Å². The third-order valence-corrected chi connectivity index (χ3v) is 2.34. The Morgan fingerprint density at radius 1 is 1.44 bits per heavy atom. The van der Waals surface area contributed by atoms with E-state index in [9.17, 15) is 5.11 Å². The maximum Gasteiger partial charge on any atom is 0.256 e. The van der Waals surface area contributed by atoms with Gasteiger partial charge in [0.1, 0.15) is 0 Å². The van der Waals surface area contributed by atoms with E-state index >= 15 is 0 Å². The Morgan fingerprint density at radius 3 is 2.83 bits per heavy atom. The number of halogens is 1. The molecule has 0 amide bonds. The van der Waals surface area contributed by atoms with Crippen molar-refractivity contribution in [3.05, 3.63) is 23.7 Å². The summed E-state index contributed by atoms with van der Waals surface area (Å²) in [4.78, 5) is 13.9. The van der Waals surface area contributed by atoms with E-state index in [2.05, 4.69) is 20.1 Å². The number of aliphatic hydroxyl groups is 1. The molecule has 0 spiro atoms. The highest BCUT2D eigenvalue weighted by Gasteiger charge is 2.12. The molecule has 0 saturated carbocycles. The van der Waals surface area contributed by atoms with Crippen LogP contribution in [0.15, 0.2) is 18.5 Å². The van der Waals surface area contributed by atoms with Crippen LogP contribution < -0.4 is 4.90 Å². The predicted octanol–water partition coefficient (Wildman–Crippen LogP) is 0.528. The first-order chi connectivity index (χ1) is 8.56. The molecule has 0 aliphatic carbocycles. The highest BCUT2D eigenvalue weighted by atomic mass is 35.5. The average molecular weight is 269 g/mol. The number of aliphatic hydroxyl groups excluding tert-OH is 1. The SMILES string of the molecule is CC(O)CN(C)c1nc(Cl)nc(-n2cccn2)n1. The molecule has 0 aliphatic heterocycles. The standard InChI is InChI=1S/C10H13ClN6O/c1-7(18)6-16(2)9-13-8(11)14-10(15-9)17-5-3-4-12-17/h3-5,7,18H,6H2,1-2H3. The second-order valence-electron chi connectivity index (χ2n) is 3.88. The van der Waals surface area contributed by atoms with E-state index < -0.39 is 6.10 Å². The number of hydrogen-bond acceptors (Lipinski definition) is 6. The first-order valence-corrected chi connectivity index (χ1v) is 5.75. The van der Waals surface area contributed by atoms with E-state index in [1.54, 1.807) is 37.3 Å². The molecule has 2 rings (SSSR count). The fourth-order valence-corrected chi connectivity index (χ4v) is 1.62. The summed E-state index contributed by atoms with van der Waals surface area (Å²) in [5.41, 5.74) is 0. The molecule has 2 aromatic heterocycles. The predicted molar refractivity (Wildman–Crippen MR) is 66.9 cm³/mol. The van der Waals surface area contributed by atoms with E-state index in [1.807, 2.05) is 0 Å². The zero-order valence-electron chi connectivity index (χ0n) is 10.0. The van der Waals surface area contributed by atoms with Crippen LogP contribution in [0, 0.1) is 0 Å². The molecule has 1 N–H and O–H groups in total. The fourth-order valence-electron chi connectivity index (χ4n) is 1.47. The van der Waals surface area contributed by atoms with Crippen LogP contribution in [0.4, 0.5) is 5.95 Å². The lowest BCUT2D eigenvalue weighted by Crippen LogP contribution is -2.29. The lowest BCUT2D eigenvalue weighted by Gasteiger charge is -2.18. The summed E-state index contributed by atoms with van der Waals surface area (Å²) in [5, 5.41) is 13.5. The monoisotopic (exact) mass is 268 g/mol. The summed E-state index contributed by atoms with van der Waals surface area (Å²) in [6, 6.07) is 1.76. The van der Waals surface area contributed by atoms with Crippen LogP contribution in [0.2, 0.25) is 5.28 Å². The zero-order chi connectivity index (χ0) is 13.1. The Hall–Kier alpha value is -1.73. The van der Waals surface area contributed by atoms with Crippen LogP contribution in [0.5, 0.6) is 0 Å². The normalized spacial score (nSPS) is 12.4. The maximum atomic E-state index is 9.34. The van der Waals surface area contributed by atoms with Crippen LogP contribution in [0.3, 0.4) is 0 Å². The Bertz CT molecular complexity index is 515. The number of rotatable bonds is 4. The van der Waals surface area contributed by atoms with Gasteiger partial charge in [0, 0.05) is 26.0 Å². The van der Waals surface area contributed by atoms with Crippen LogP contribution in [0.25, 0.3) is 5.95 Å². The van der Waals surface area contributed by atoms with Gasteiger partial charge >= 0.3 is 0 Å². The molecule has 7 nitrogen and oxygen atoms in total. The first kappa shape index (κ1) is 12.7. The van der Waals surface area contributed by atoms with Gasteiger partial charge in [0.15, 0.2) is 0 Å². The van der Waals surface area contributed by atoms with Crippen molar-refractivity contribution >= 4 is 17.5 Å². The van der Waals surface area contributed by atoms with Gasteiger partial charge in [-0.05, 0) is 24.6 Å². The fraction of sp³-hybridized carbons (Fsp3) is 0.400. The summed E-state index contributed by atoms with van der Waals surface area (Å²) < 4.78 is 1.49. The zero-order valence-corrected chi connectivity index (χ0v) is 10.8. The van der Waals surface area contributed by atoms with Crippen molar-refractivity contribution in [1.29, 1.82) is 0 Å². The van der Waals surface area contributed by atoms with Gasteiger partial charge in [-0.25, -0.2) is 4.68 Å². The molecule has 1 atom stereocenters. The van der Waals surface area contributed by atoms with Gasteiger partial charge in [0.2, 0.25) is 11.2 Å². The minimum atomic E-state index is -0.487. The molecule has 0 bridgehead atoms. The third kappa shape index (κ3) is 2.93. The lowest BCUT2D eigenvalue weighted by molar-refractivity contribution is 0.201. The number of aromatic nitrogens is 5. The minimum Gasteiger partial charge on any atom is -0.392 e. The van der Waals surface area contributed by atoms with Crippen LogP contribution in [-0.4, -0.2) is 49.5 Å². The Morgan fingerprint density at radius 2 is 2.22 bits per heavy atom. The summed E-state index contributed by atoms with van der Waals surface area (Å²) in [6.07, 6.45) is 2.85. The van der Waals surface area contributed by atoms with Crippen molar-refractivity contribution in [3.63, 3.8) is 0 Å². The van der Waals surface area contributed by atoms with Gasteiger partial charge in [-0.3, -0.25) is 0 Å². The minimum absolute atomic E-state index is 0.0861. The molecular weight excluding hydrogens is 256 g/mol. The highest BCUT2D eigenvalue weighted by molar-refractivity contribution is 6.28. The Balaban J connectivity index is 2.32. The number of anilines is 1. The Labute approximate surface area is 109 Å². The lowest BCUT2D eigenvalue weighted by atomic mass is 10.4. The van der Waals surface area contributed by atoms with Crippen molar-refractivity contribution in [2.45, 2.75) is 13.0 Å².